The molecule has 6 heteroatoms. The molecule has 3 nitrogen and oxygen atoms in total. The lowest BCUT2D eigenvalue weighted by atomic mass is 9.94. The Morgan fingerprint density at radius 2 is 1.56 bits per heavy atom. The second-order valence-corrected chi connectivity index (χ2v) is 8.22. The minimum Gasteiger partial charge on any atom is -0.340 e. The highest BCUT2D eigenvalue weighted by atomic mass is 19.4. The Labute approximate surface area is 158 Å². The second-order valence-electron chi connectivity index (χ2n) is 8.22. The average Bonchev–Trinajstić information content (AvgIpc) is 3.49. The van der Waals surface area contributed by atoms with E-state index >= 15 is 0 Å². The van der Waals surface area contributed by atoms with E-state index in [1.54, 1.807) is 0 Å². The molecule has 2 aliphatic carbocycles. The molecule has 27 heavy (non-hydrogen) atoms. The van der Waals surface area contributed by atoms with E-state index in [0.717, 1.165) is 50.3 Å². The number of hydrogen-bond donors (Lipinski definition) is 0. The maximum atomic E-state index is 12.8. The predicted molar refractivity (Wildman–Crippen MR) is 97.3 cm³/mol. The first-order valence-corrected chi connectivity index (χ1v) is 10.1. The largest absolute Gasteiger partial charge is 0.416 e. The van der Waals surface area contributed by atoms with Crippen molar-refractivity contribution >= 4 is 5.91 Å². The van der Waals surface area contributed by atoms with Gasteiger partial charge in [0, 0.05) is 38.1 Å². The monoisotopic (exact) mass is 380 g/mol. The number of benzene rings is 1. The van der Waals surface area contributed by atoms with Crippen molar-refractivity contribution < 1.29 is 18.0 Å². The van der Waals surface area contributed by atoms with Crippen LogP contribution in [0.15, 0.2) is 24.3 Å². The Bertz CT molecular complexity index is 659. The molecule has 0 aromatic heterocycles. The molecule has 1 aliphatic heterocycles. The molecule has 3 aliphatic rings. The SMILES string of the molecule is O=C([C@H]1C[C@H]1c1ccc(C(F)(F)F)cc1)N1CCN(C2CCCCC2)CC1. The zero-order valence-corrected chi connectivity index (χ0v) is 15.5. The van der Waals surface area contributed by atoms with Gasteiger partial charge in [0.05, 0.1) is 5.56 Å². The number of amides is 1. The molecule has 1 aromatic carbocycles. The summed E-state index contributed by atoms with van der Waals surface area (Å²) in [6.45, 7) is 3.47. The number of halogens is 3. The first-order valence-electron chi connectivity index (χ1n) is 10.1. The summed E-state index contributed by atoms with van der Waals surface area (Å²) in [6, 6.07) is 6.00. The first kappa shape index (κ1) is 18.8. The Balaban J connectivity index is 1.29. The quantitative estimate of drug-likeness (QED) is 0.781. The molecule has 2 saturated carbocycles. The van der Waals surface area contributed by atoms with Gasteiger partial charge in [-0.1, -0.05) is 31.4 Å². The maximum absolute atomic E-state index is 12.8. The van der Waals surface area contributed by atoms with Gasteiger partial charge in [0.15, 0.2) is 0 Å². The number of nitrogens with zero attached hydrogens (tertiary/aromatic N) is 2. The standard InChI is InChI=1S/C21H27F3N2O/c22-21(23,24)16-8-6-15(7-9-16)18-14-19(18)20(27)26-12-10-25(11-13-26)17-4-2-1-3-5-17/h6-9,17-19H,1-5,10-14H2/t18-,19-/m0/s1. The fourth-order valence-electron chi connectivity index (χ4n) is 4.74. The van der Waals surface area contributed by atoms with Crippen LogP contribution in [0.5, 0.6) is 0 Å². The van der Waals surface area contributed by atoms with Gasteiger partial charge in [-0.05, 0) is 42.9 Å². The van der Waals surface area contributed by atoms with Crippen LogP contribution in [0.3, 0.4) is 0 Å². The third-order valence-corrected chi connectivity index (χ3v) is 6.49. The van der Waals surface area contributed by atoms with Gasteiger partial charge in [-0.2, -0.15) is 13.2 Å². The molecular formula is C21H27F3N2O. The Kier molecular flexibility index (Phi) is 5.19. The topological polar surface area (TPSA) is 23.6 Å². The van der Waals surface area contributed by atoms with Crippen molar-refractivity contribution in [2.75, 3.05) is 26.2 Å². The van der Waals surface area contributed by atoms with Crippen LogP contribution in [0.4, 0.5) is 13.2 Å². The summed E-state index contributed by atoms with van der Waals surface area (Å²) in [5.41, 5.74) is 0.218. The van der Waals surface area contributed by atoms with Gasteiger partial charge in [0.1, 0.15) is 0 Å². The molecule has 1 aromatic rings. The van der Waals surface area contributed by atoms with Gasteiger partial charge in [-0.15, -0.1) is 0 Å². The number of hydrogen-bond acceptors (Lipinski definition) is 2. The summed E-state index contributed by atoms with van der Waals surface area (Å²) in [5, 5.41) is 0. The van der Waals surface area contributed by atoms with Crippen molar-refractivity contribution in [3.63, 3.8) is 0 Å². The molecule has 1 heterocycles. The van der Waals surface area contributed by atoms with E-state index in [-0.39, 0.29) is 17.7 Å². The molecule has 148 valence electrons. The van der Waals surface area contributed by atoms with Gasteiger partial charge in [0.25, 0.3) is 0 Å². The third kappa shape index (κ3) is 4.15. The van der Waals surface area contributed by atoms with Crippen molar-refractivity contribution in [2.24, 2.45) is 5.92 Å². The highest BCUT2D eigenvalue weighted by Gasteiger charge is 2.46. The van der Waals surface area contributed by atoms with Crippen molar-refractivity contribution in [3.8, 4) is 0 Å². The number of piperazine rings is 1. The highest BCUT2D eigenvalue weighted by molar-refractivity contribution is 5.83. The van der Waals surface area contributed by atoms with Gasteiger partial charge >= 0.3 is 6.18 Å². The molecule has 0 bridgehead atoms. The third-order valence-electron chi connectivity index (χ3n) is 6.49. The molecule has 0 radical (unpaired) electrons. The summed E-state index contributed by atoms with van der Waals surface area (Å²) in [4.78, 5) is 17.3. The van der Waals surface area contributed by atoms with Crippen LogP contribution in [0.2, 0.25) is 0 Å². The summed E-state index contributed by atoms with van der Waals surface area (Å²) >= 11 is 0. The summed E-state index contributed by atoms with van der Waals surface area (Å²) < 4.78 is 38.1. The van der Waals surface area contributed by atoms with E-state index in [0.29, 0.717) is 6.04 Å². The van der Waals surface area contributed by atoms with Gasteiger partial charge in [-0.3, -0.25) is 9.69 Å². The van der Waals surface area contributed by atoms with Crippen LogP contribution in [-0.2, 0) is 11.0 Å². The van der Waals surface area contributed by atoms with E-state index in [2.05, 4.69) is 4.90 Å². The van der Waals surface area contributed by atoms with E-state index in [1.165, 1.54) is 44.2 Å². The molecule has 0 spiro atoms. The molecular weight excluding hydrogens is 353 g/mol. The van der Waals surface area contributed by atoms with Crippen LogP contribution in [-0.4, -0.2) is 47.9 Å². The molecule has 1 amide bonds. The van der Waals surface area contributed by atoms with Crippen molar-refractivity contribution in [1.29, 1.82) is 0 Å². The molecule has 4 rings (SSSR count). The van der Waals surface area contributed by atoms with E-state index < -0.39 is 11.7 Å². The fourth-order valence-corrected chi connectivity index (χ4v) is 4.74. The fraction of sp³-hybridized carbons (Fsp3) is 0.667. The Hall–Kier alpha value is -1.56. The molecule has 0 N–H and O–H groups in total. The van der Waals surface area contributed by atoms with Crippen molar-refractivity contribution in [3.05, 3.63) is 35.4 Å². The van der Waals surface area contributed by atoms with Crippen LogP contribution < -0.4 is 0 Å². The van der Waals surface area contributed by atoms with Crippen LogP contribution >= 0.6 is 0 Å². The zero-order valence-electron chi connectivity index (χ0n) is 15.5. The van der Waals surface area contributed by atoms with Crippen LogP contribution in [0.25, 0.3) is 0 Å². The lowest BCUT2D eigenvalue weighted by Gasteiger charge is -2.40. The maximum Gasteiger partial charge on any atom is 0.416 e. The lowest BCUT2D eigenvalue weighted by Crippen LogP contribution is -2.52. The minimum absolute atomic E-state index is 0.0528. The average molecular weight is 380 g/mol. The van der Waals surface area contributed by atoms with Gasteiger partial charge in [0.2, 0.25) is 5.91 Å². The lowest BCUT2D eigenvalue weighted by molar-refractivity contribution is -0.137. The highest BCUT2D eigenvalue weighted by Crippen LogP contribution is 2.49. The minimum atomic E-state index is -4.31. The molecule has 2 atom stereocenters. The summed E-state index contributed by atoms with van der Waals surface area (Å²) in [6.07, 6.45) is 3.00. The van der Waals surface area contributed by atoms with E-state index in [9.17, 15) is 18.0 Å². The van der Waals surface area contributed by atoms with E-state index in [4.69, 9.17) is 0 Å². The molecule has 0 unspecified atom stereocenters. The predicted octanol–water partition coefficient (Wildman–Crippen LogP) is 4.29. The zero-order chi connectivity index (χ0) is 19.0. The summed E-state index contributed by atoms with van der Waals surface area (Å²) in [5.74, 6) is 0.210. The molecule has 3 fully saturated rings. The van der Waals surface area contributed by atoms with Crippen LogP contribution in [0, 0.1) is 5.92 Å². The van der Waals surface area contributed by atoms with E-state index in [1.807, 2.05) is 4.90 Å². The smallest absolute Gasteiger partial charge is 0.340 e. The second kappa shape index (κ2) is 7.46. The number of carbonyl (C=O) groups excluding carboxylic acids is 1. The molecule has 1 saturated heterocycles. The van der Waals surface area contributed by atoms with Crippen molar-refractivity contribution in [1.82, 2.24) is 9.80 Å². The number of carbonyl (C=O) groups is 1. The van der Waals surface area contributed by atoms with Crippen molar-refractivity contribution in [2.45, 2.75) is 56.7 Å². The first-order chi connectivity index (χ1) is 12.9. The Morgan fingerprint density at radius 1 is 0.926 bits per heavy atom. The number of alkyl halides is 3. The summed E-state index contributed by atoms with van der Waals surface area (Å²) in [7, 11) is 0. The normalized spacial score (nSPS) is 27.6. The Morgan fingerprint density at radius 3 is 2.15 bits per heavy atom. The van der Waals surface area contributed by atoms with Crippen LogP contribution in [0.1, 0.15) is 55.6 Å². The van der Waals surface area contributed by atoms with Gasteiger partial charge < -0.3 is 4.90 Å². The number of rotatable bonds is 3. The van der Waals surface area contributed by atoms with Gasteiger partial charge in [-0.25, -0.2) is 0 Å².